The molecule has 0 unspecified atom stereocenters. The molecular weight excluding hydrogens is 306 g/mol. The minimum atomic E-state index is -1.07. The molecule has 2 aliphatic heterocycles. The van der Waals surface area contributed by atoms with E-state index in [2.05, 4.69) is 5.32 Å². The van der Waals surface area contributed by atoms with Crippen LogP contribution < -0.4 is 5.32 Å². The van der Waals surface area contributed by atoms with Gasteiger partial charge >= 0.3 is 5.97 Å². The van der Waals surface area contributed by atoms with Gasteiger partial charge in [-0.3, -0.25) is 9.59 Å². The van der Waals surface area contributed by atoms with Gasteiger partial charge in [-0.1, -0.05) is 0 Å². The van der Waals surface area contributed by atoms with E-state index in [4.69, 9.17) is 0 Å². The van der Waals surface area contributed by atoms with Crippen LogP contribution in [-0.4, -0.2) is 71.2 Å². The summed E-state index contributed by atoms with van der Waals surface area (Å²) in [5, 5.41) is 12.7. The Balaban J connectivity index is 2.06. The van der Waals surface area contributed by atoms with Crippen LogP contribution in [0.5, 0.6) is 0 Å². The molecule has 2 atom stereocenters. The van der Waals surface area contributed by atoms with E-state index in [9.17, 15) is 19.5 Å². The molecule has 8 heteroatoms. The van der Waals surface area contributed by atoms with Crippen LogP contribution in [0.15, 0.2) is 10.6 Å². The van der Waals surface area contributed by atoms with E-state index >= 15 is 0 Å². The molecule has 0 saturated carbocycles. The van der Waals surface area contributed by atoms with Gasteiger partial charge in [-0.15, -0.1) is 11.8 Å². The van der Waals surface area contributed by atoms with Gasteiger partial charge in [0.2, 0.25) is 11.8 Å². The molecule has 7 nitrogen and oxygen atoms in total. The van der Waals surface area contributed by atoms with E-state index in [1.807, 2.05) is 0 Å². The van der Waals surface area contributed by atoms with Crippen molar-refractivity contribution in [1.82, 2.24) is 15.1 Å². The molecule has 2 heterocycles. The molecule has 22 heavy (non-hydrogen) atoms. The highest BCUT2D eigenvalue weighted by Gasteiger charge is 2.35. The van der Waals surface area contributed by atoms with Crippen LogP contribution in [0.25, 0.3) is 0 Å². The number of hydrogen-bond donors (Lipinski definition) is 2. The quantitative estimate of drug-likeness (QED) is 0.760. The summed E-state index contributed by atoms with van der Waals surface area (Å²) in [6.45, 7) is 2.45. The zero-order chi connectivity index (χ0) is 16.4. The smallest absolute Gasteiger partial charge is 0.353 e. The number of carboxylic acid groups (broad SMARTS) is 1. The second-order valence-corrected chi connectivity index (χ2v) is 7.06. The van der Waals surface area contributed by atoms with Gasteiger partial charge in [-0.25, -0.2) is 4.79 Å². The molecule has 0 aromatic heterocycles. The van der Waals surface area contributed by atoms with E-state index in [-0.39, 0.29) is 28.8 Å². The molecule has 0 spiro atoms. The third-order valence-corrected chi connectivity index (χ3v) is 5.19. The summed E-state index contributed by atoms with van der Waals surface area (Å²) in [6, 6.07) is -0.216. The molecule has 122 valence electrons. The number of likely N-dealkylation sites (N-methyl/N-ethyl adjacent to an activating group) is 1. The first-order valence-corrected chi connectivity index (χ1v) is 8.05. The number of nitrogens with one attached hydrogen (secondary N) is 1. The molecule has 1 saturated heterocycles. The molecule has 2 amide bonds. The van der Waals surface area contributed by atoms with Gasteiger partial charge in [-0.05, 0) is 12.8 Å². The minimum Gasteiger partial charge on any atom is -0.477 e. The molecule has 0 radical (unpaired) electrons. The maximum absolute atomic E-state index is 11.9. The van der Waals surface area contributed by atoms with E-state index in [1.165, 1.54) is 23.6 Å². The fourth-order valence-electron chi connectivity index (χ4n) is 2.75. The van der Waals surface area contributed by atoms with Crippen molar-refractivity contribution in [2.75, 3.05) is 27.2 Å². The van der Waals surface area contributed by atoms with Crippen LogP contribution in [0.1, 0.15) is 19.8 Å². The number of rotatable bonds is 4. The van der Waals surface area contributed by atoms with Crippen LogP contribution in [0, 0.1) is 0 Å². The lowest BCUT2D eigenvalue weighted by molar-refractivity contribution is -0.138. The summed E-state index contributed by atoms with van der Waals surface area (Å²) in [5.41, 5.74) is 0.0971. The lowest BCUT2D eigenvalue weighted by Gasteiger charge is -2.16. The Morgan fingerprint density at radius 3 is 2.59 bits per heavy atom. The van der Waals surface area contributed by atoms with Gasteiger partial charge in [0.1, 0.15) is 5.70 Å². The van der Waals surface area contributed by atoms with Gasteiger partial charge in [0.15, 0.2) is 0 Å². The van der Waals surface area contributed by atoms with Gasteiger partial charge < -0.3 is 20.2 Å². The maximum Gasteiger partial charge on any atom is 0.353 e. The first-order valence-electron chi connectivity index (χ1n) is 7.17. The number of aliphatic carboxylic acids is 1. The van der Waals surface area contributed by atoms with Crippen molar-refractivity contribution in [3.8, 4) is 0 Å². The minimum absolute atomic E-state index is 0.0346. The second kappa shape index (κ2) is 6.70. The number of carbonyl (C=O) groups is 3. The highest BCUT2D eigenvalue weighted by molar-refractivity contribution is 8.03. The van der Waals surface area contributed by atoms with Crippen molar-refractivity contribution in [2.45, 2.75) is 31.1 Å². The van der Waals surface area contributed by atoms with Crippen LogP contribution in [-0.2, 0) is 14.4 Å². The second-order valence-electron chi connectivity index (χ2n) is 5.67. The van der Waals surface area contributed by atoms with Gasteiger partial charge in [0.05, 0.1) is 6.04 Å². The Labute approximate surface area is 133 Å². The Morgan fingerprint density at radius 1 is 1.36 bits per heavy atom. The number of hydrogen-bond acceptors (Lipinski definition) is 5. The predicted molar refractivity (Wildman–Crippen MR) is 83.1 cm³/mol. The number of amides is 2. The maximum atomic E-state index is 11.9. The summed E-state index contributed by atoms with van der Waals surface area (Å²) >= 11 is 1.48. The SMILES string of the molecule is CC(=O)N1CCC(S[C@@H]2CN[C@H](C(=O)N(C)C)C2)=C1C(=O)O. The van der Waals surface area contributed by atoms with E-state index in [0.29, 0.717) is 25.9 Å². The van der Waals surface area contributed by atoms with Crippen molar-refractivity contribution >= 4 is 29.5 Å². The molecule has 2 rings (SSSR count). The molecular formula is C14H21N3O4S. The first-order chi connectivity index (χ1) is 10.3. The average Bonchev–Trinajstić information content (AvgIpc) is 3.04. The summed E-state index contributed by atoms with van der Waals surface area (Å²) in [4.78, 5) is 38.5. The molecule has 0 aromatic carbocycles. The zero-order valence-electron chi connectivity index (χ0n) is 13.0. The summed E-state index contributed by atoms with van der Waals surface area (Å²) < 4.78 is 0. The van der Waals surface area contributed by atoms with E-state index in [1.54, 1.807) is 19.0 Å². The molecule has 0 aliphatic carbocycles. The van der Waals surface area contributed by atoms with E-state index in [0.717, 1.165) is 4.91 Å². The summed E-state index contributed by atoms with van der Waals surface area (Å²) in [7, 11) is 3.44. The Morgan fingerprint density at radius 2 is 2.05 bits per heavy atom. The largest absolute Gasteiger partial charge is 0.477 e. The normalized spacial score (nSPS) is 24.8. The fraction of sp³-hybridized carbons (Fsp3) is 0.643. The predicted octanol–water partition coefficient (Wildman–Crippen LogP) is 0.0867. The summed E-state index contributed by atoms with van der Waals surface area (Å²) in [5.74, 6) is -1.28. The number of carboxylic acids is 1. The molecule has 2 aliphatic rings. The lowest BCUT2D eigenvalue weighted by atomic mass is 10.2. The van der Waals surface area contributed by atoms with Crippen molar-refractivity contribution < 1.29 is 19.5 Å². The van der Waals surface area contributed by atoms with Crippen LogP contribution in [0.4, 0.5) is 0 Å². The van der Waals surface area contributed by atoms with Crippen molar-refractivity contribution in [3.05, 3.63) is 10.6 Å². The lowest BCUT2D eigenvalue weighted by Crippen LogP contribution is -2.39. The Kier molecular flexibility index (Phi) is 5.12. The molecule has 1 fully saturated rings. The van der Waals surface area contributed by atoms with Crippen molar-refractivity contribution in [1.29, 1.82) is 0 Å². The Bertz CT molecular complexity index is 532. The number of thioether (sulfide) groups is 1. The first kappa shape index (κ1) is 16.8. The van der Waals surface area contributed by atoms with Crippen molar-refractivity contribution in [3.63, 3.8) is 0 Å². The number of carbonyl (C=O) groups excluding carboxylic acids is 2. The highest BCUT2D eigenvalue weighted by atomic mass is 32.2. The Hall–Kier alpha value is -1.54. The van der Waals surface area contributed by atoms with Crippen LogP contribution in [0.2, 0.25) is 0 Å². The standard InChI is InChI=1S/C14H21N3O4S/c1-8(18)17-5-4-11(12(17)14(20)21)22-9-6-10(15-7-9)13(19)16(2)3/h9-10,15H,4-7H2,1-3H3,(H,20,21)/t9-,10-/m0/s1. The van der Waals surface area contributed by atoms with Gasteiger partial charge in [-0.2, -0.15) is 0 Å². The average molecular weight is 327 g/mol. The fourth-order valence-corrected chi connectivity index (χ4v) is 4.14. The molecule has 2 N–H and O–H groups in total. The molecule has 0 aromatic rings. The third kappa shape index (κ3) is 3.44. The topological polar surface area (TPSA) is 90.0 Å². The summed E-state index contributed by atoms with van der Waals surface area (Å²) in [6.07, 6.45) is 1.23. The monoisotopic (exact) mass is 327 g/mol. The van der Waals surface area contributed by atoms with Crippen LogP contribution in [0.3, 0.4) is 0 Å². The van der Waals surface area contributed by atoms with Gasteiger partial charge in [0, 0.05) is 44.3 Å². The highest BCUT2D eigenvalue weighted by Crippen LogP contribution is 2.37. The zero-order valence-corrected chi connectivity index (χ0v) is 13.8. The van der Waals surface area contributed by atoms with Gasteiger partial charge in [0.25, 0.3) is 0 Å². The van der Waals surface area contributed by atoms with Crippen molar-refractivity contribution in [2.24, 2.45) is 0 Å². The number of nitrogens with zero attached hydrogens (tertiary/aromatic N) is 2. The van der Waals surface area contributed by atoms with Crippen LogP contribution >= 0.6 is 11.8 Å². The molecule has 0 bridgehead atoms. The third-order valence-electron chi connectivity index (χ3n) is 3.82. The van der Waals surface area contributed by atoms with E-state index < -0.39 is 5.97 Å².